The van der Waals surface area contributed by atoms with Crippen molar-refractivity contribution in [1.82, 2.24) is 35.1 Å². The normalized spacial score (nSPS) is 11.6. The van der Waals surface area contributed by atoms with Crippen molar-refractivity contribution < 1.29 is 8.78 Å². The SMILES string of the molecule is CC(C)Nc1cncc(-c2cnc3n[nH]c(-c4nc5c(-c6ccc(F)cc6)nccc5[nH]4)c3c2F)c1. The highest BCUT2D eigenvalue weighted by Gasteiger charge is 2.21. The highest BCUT2D eigenvalue weighted by molar-refractivity contribution is 5.96. The molecule has 0 atom stereocenters. The lowest BCUT2D eigenvalue weighted by Gasteiger charge is -2.11. The zero-order valence-electron chi connectivity index (χ0n) is 19.3. The molecule has 6 rings (SSSR count). The number of benzene rings is 1. The number of fused-ring (bicyclic) bond motifs is 2. The molecule has 0 saturated heterocycles. The van der Waals surface area contributed by atoms with E-state index in [9.17, 15) is 4.39 Å². The van der Waals surface area contributed by atoms with Crippen LogP contribution in [0.15, 0.2) is 61.2 Å². The summed E-state index contributed by atoms with van der Waals surface area (Å²) in [6, 6.07) is 9.84. The van der Waals surface area contributed by atoms with E-state index in [2.05, 4.69) is 35.5 Å². The Hall–Kier alpha value is -4.73. The second-order valence-electron chi connectivity index (χ2n) is 8.69. The summed E-state index contributed by atoms with van der Waals surface area (Å²) in [7, 11) is 0. The Morgan fingerprint density at radius 2 is 1.78 bits per heavy atom. The van der Waals surface area contributed by atoms with Gasteiger partial charge in [-0.25, -0.2) is 18.7 Å². The Labute approximate surface area is 203 Å². The van der Waals surface area contributed by atoms with Gasteiger partial charge in [-0.1, -0.05) is 0 Å². The van der Waals surface area contributed by atoms with Crippen LogP contribution in [0.3, 0.4) is 0 Å². The first kappa shape index (κ1) is 21.8. The summed E-state index contributed by atoms with van der Waals surface area (Å²) in [6.07, 6.45) is 6.38. The van der Waals surface area contributed by atoms with Crippen molar-refractivity contribution in [3.05, 3.63) is 72.8 Å². The van der Waals surface area contributed by atoms with Crippen molar-refractivity contribution in [2.45, 2.75) is 19.9 Å². The zero-order valence-corrected chi connectivity index (χ0v) is 19.3. The average molecular weight is 482 g/mol. The number of aromatic amines is 2. The molecule has 36 heavy (non-hydrogen) atoms. The third-order valence-electron chi connectivity index (χ3n) is 5.78. The Morgan fingerprint density at radius 3 is 2.58 bits per heavy atom. The number of H-pyrrole nitrogens is 2. The first-order valence-electron chi connectivity index (χ1n) is 11.3. The molecule has 5 aromatic heterocycles. The fraction of sp³-hybridized carbons (Fsp3) is 0.115. The molecule has 178 valence electrons. The Kier molecular flexibility index (Phi) is 5.14. The minimum Gasteiger partial charge on any atom is -0.382 e. The number of nitrogens with one attached hydrogen (secondary N) is 3. The monoisotopic (exact) mass is 482 g/mol. The van der Waals surface area contributed by atoms with Crippen LogP contribution in [0.1, 0.15) is 13.8 Å². The number of halogens is 2. The fourth-order valence-corrected chi connectivity index (χ4v) is 4.20. The number of pyridine rings is 3. The van der Waals surface area contributed by atoms with Gasteiger partial charge >= 0.3 is 0 Å². The molecule has 0 fully saturated rings. The first-order chi connectivity index (χ1) is 17.5. The summed E-state index contributed by atoms with van der Waals surface area (Å²) in [5.74, 6) is -0.434. The third-order valence-corrected chi connectivity index (χ3v) is 5.78. The number of hydrogen-bond acceptors (Lipinski definition) is 6. The second-order valence-corrected chi connectivity index (χ2v) is 8.69. The van der Waals surface area contributed by atoms with E-state index in [4.69, 9.17) is 4.98 Å². The molecule has 8 nitrogen and oxygen atoms in total. The molecule has 10 heteroatoms. The summed E-state index contributed by atoms with van der Waals surface area (Å²) in [5.41, 5.74) is 4.84. The van der Waals surface area contributed by atoms with E-state index in [0.29, 0.717) is 44.9 Å². The van der Waals surface area contributed by atoms with Gasteiger partial charge in [-0.2, -0.15) is 5.10 Å². The third kappa shape index (κ3) is 3.72. The second kappa shape index (κ2) is 8.49. The van der Waals surface area contributed by atoms with Crippen LogP contribution in [0.2, 0.25) is 0 Å². The van der Waals surface area contributed by atoms with Gasteiger partial charge < -0.3 is 10.3 Å². The van der Waals surface area contributed by atoms with E-state index in [0.717, 1.165) is 5.69 Å². The van der Waals surface area contributed by atoms with Gasteiger partial charge in [0.25, 0.3) is 0 Å². The van der Waals surface area contributed by atoms with Crippen LogP contribution in [0, 0.1) is 11.6 Å². The highest BCUT2D eigenvalue weighted by atomic mass is 19.1. The molecule has 0 radical (unpaired) electrons. The highest BCUT2D eigenvalue weighted by Crippen LogP contribution is 2.34. The summed E-state index contributed by atoms with van der Waals surface area (Å²) < 4.78 is 29.4. The molecular formula is C26H20F2N8. The van der Waals surface area contributed by atoms with Crippen molar-refractivity contribution in [2.24, 2.45) is 0 Å². The van der Waals surface area contributed by atoms with Crippen LogP contribution < -0.4 is 5.32 Å². The number of rotatable bonds is 5. The van der Waals surface area contributed by atoms with E-state index >= 15 is 4.39 Å². The molecule has 0 amide bonds. The van der Waals surface area contributed by atoms with E-state index in [-0.39, 0.29) is 22.9 Å². The summed E-state index contributed by atoms with van der Waals surface area (Å²) in [6.45, 7) is 4.03. The smallest absolute Gasteiger partial charge is 0.184 e. The number of aromatic nitrogens is 7. The largest absolute Gasteiger partial charge is 0.382 e. The van der Waals surface area contributed by atoms with Crippen molar-refractivity contribution in [3.8, 4) is 33.9 Å². The van der Waals surface area contributed by atoms with Gasteiger partial charge in [0.05, 0.1) is 22.3 Å². The van der Waals surface area contributed by atoms with Crippen molar-refractivity contribution in [2.75, 3.05) is 5.32 Å². The van der Waals surface area contributed by atoms with Gasteiger partial charge in [0.2, 0.25) is 0 Å². The molecular weight excluding hydrogens is 462 g/mol. The minimum absolute atomic E-state index is 0.204. The molecule has 0 aliphatic carbocycles. The number of anilines is 1. The molecule has 0 bridgehead atoms. The van der Waals surface area contributed by atoms with Crippen LogP contribution in [0.25, 0.3) is 56.0 Å². The maximum absolute atomic E-state index is 15.9. The molecule has 0 unspecified atom stereocenters. The molecule has 0 aliphatic rings. The quantitative estimate of drug-likeness (QED) is 0.290. The van der Waals surface area contributed by atoms with Gasteiger partial charge in [0.15, 0.2) is 11.5 Å². The average Bonchev–Trinajstić information content (AvgIpc) is 3.49. The topological polar surface area (TPSA) is 108 Å². The minimum atomic E-state index is -0.482. The summed E-state index contributed by atoms with van der Waals surface area (Å²) >= 11 is 0. The van der Waals surface area contributed by atoms with Gasteiger partial charge in [0.1, 0.15) is 22.8 Å². The van der Waals surface area contributed by atoms with E-state index in [1.807, 2.05) is 19.9 Å². The van der Waals surface area contributed by atoms with Gasteiger partial charge in [0, 0.05) is 47.5 Å². The number of nitrogens with zero attached hydrogens (tertiary/aromatic N) is 5. The van der Waals surface area contributed by atoms with Gasteiger partial charge in [-0.15, -0.1) is 0 Å². The number of imidazole rings is 1. The Balaban J connectivity index is 1.48. The van der Waals surface area contributed by atoms with E-state index < -0.39 is 5.82 Å². The van der Waals surface area contributed by atoms with E-state index in [1.54, 1.807) is 36.8 Å². The molecule has 5 heterocycles. The summed E-state index contributed by atoms with van der Waals surface area (Å²) in [5, 5.41) is 10.5. The van der Waals surface area contributed by atoms with Crippen molar-refractivity contribution >= 4 is 27.8 Å². The molecule has 0 saturated carbocycles. The predicted molar refractivity (Wildman–Crippen MR) is 134 cm³/mol. The fourth-order valence-electron chi connectivity index (χ4n) is 4.20. The lowest BCUT2D eigenvalue weighted by atomic mass is 10.1. The molecule has 0 spiro atoms. The van der Waals surface area contributed by atoms with Crippen LogP contribution >= 0.6 is 0 Å². The maximum Gasteiger partial charge on any atom is 0.184 e. The summed E-state index contributed by atoms with van der Waals surface area (Å²) in [4.78, 5) is 21.0. The van der Waals surface area contributed by atoms with Gasteiger partial charge in [-0.3, -0.25) is 15.1 Å². The van der Waals surface area contributed by atoms with Crippen molar-refractivity contribution in [1.29, 1.82) is 0 Å². The predicted octanol–water partition coefficient (Wildman–Crippen LogP) is 5.72. The zero-order chi connectivity index (χ0) is 24.8. The van der Waals surface area contributed by atoms with Crippen LogP contribution in [0.4, 0.5) is 14.5 Å². The lowest BCUT2D eigenvalue weighted by Crippen LogP contribution is -2.09. The molecule has 3 N–H and O–H groups in total. The number of hydrogen-bond donors (Lipinski definition) is 3. The van der Waals surface area contributed by atoms with Crippen LogP contribution in [-0.4, -0.2) is 41.2 Å². The standard InChI is InChI=1S/C26H20F2N8/c1-13(2)32-17-9-15(10-29-11-17)18-12-31-25-20(21(18)28)24(35-36-25)26-33-19-7-8-30-22(23(19)34-26)14-3-5-16(27)6-4-14/h3-13,32H,1-2H3,(H,33,34)(H,31,35,36). The molecule has 1 aromatic carbocycles. The lowest BCUT2D eigenvalue weighted by molar-refractivity contribution is 0.628. The van der Waals surface area contributed by atoms with Crippen LogP contribution in [0.5, 0.6) is 0 Å². The Morgan fingerprint density at radius 1 is 0.944 bits per heavy atom. The first-order valence-corrected chi connectivity index (χ1v) is 11.3. The molecule has 6 aromatic rings. The van der Waals surface area contributed by atoms with E-state index in [1.165, 1.54) is 18.3 Å². The van der Waals surface area contributed by atoms with Crippen LogP contribution in [-0.2, 0) is 0 Å². The Bertz CT molecular complexity index is 1720. The van der Waals surface area contributed by atoms with Crippen molar-refractivity contribution in [3.63, 3.8) is 0 Å². The molecule has 0 aliphatic heterocycles. The van der Waals surface area contributed by atoms with Gasteiger partial charge in [-0.05, 0) is 50.2 Å². The maximum atomic E-state index is 15.9.